The molecular weight excluding hydrogens is 214 g/mol. The molecule has 1 N–H and O–H groups in total. The average Bonchev–Trinajstić information content (AvgIpc) is 2.85. The van der Waals surface area contributed by atoms with Gasteiger partial charge in [0.1, 0.15) is 0 Å². The zero-order valence-corrected chi connectivity index (χ0v) is 10.4. The first kappa shape index (κ1) is 12.6. The largest absolute Gasteiger partial charge is 0.395 e. The second kappa shape index (κ2) is 6.15. The molecule has 0 aliphatic carbocycles. The quantitative estimate of drug-likeness (QED) is 0.842. The van der Waals surface area contributed by atoms with Crippen molar-refractivity contribution in [1.82, 2.24) is 4.90 Å². The predicted octanol–water partition coefficient (Wildman–Crippen LogP) is 1.66. The highest BCUT2D eigenvalue weighted by molar-refractivity contribution is 5.13. The highest BCUT2D eigenvalue weighted by Gasteiger charge is 2.25. The van der Waals surface area contributed by atoms with Gasteiger partial charge >= 0.3 is 0 Å². The lowest BCUT2D eigenvalue weighted by Crippen LogP contribution is -2.34. The van der Waals surface area contributed by atoms with Crippen LogP contribution < -0.4 is 0 Å². The topological polar surface area (TPSA) is 32.7 Å². The molecule has 1 aromatic rings. The molecule has 1 fully saturated rings. The van der Waals surface area contributed by atoms with Gasteiger partial charge in [0.05, 0.1) is 19.3 Å². The minimum absolute atomic E-state index is 0.228. The summed E-state index contributed by atoms with van der Waals surface area (Å²) < 4.78 is 5.89. The molecule has 1 aliphatic heterocycles. The van der Waals surface area contributed by atoms with E-state index in [4.69, 9.17) is 9.84 Å². The molecule has 2 unspecified atom stereocenters. The zero-order chi connectivity index (χ0) is 12.1. The van der Waals surface area contributed by atoms with Crippen molar-refractivity contribution in [2.45, 2.75) is 32.1 Å². The van der Waals surface area contributed by atoms with E-state index in [2.05, 4.69) is 24.0 Å². The molecule has 3 nitrogen and oxygen atoms in total. The molecule has 3 heteroatoms. The summed E-state index contributed by atoms with van der Waals surface area (Å²) in [5, 5.41) is 9.11. The van der Waals surface area contributed by atoms with Crippen LogP contribution in [0.3, 0.4) is 0 Å². The number of hydrogen-bond acceptors (Lipinski definition) is 3. The molecule has 1 aliphatic rings. The number of nitrogens with zero attached hydrogens (tertiary/aromatic N) is 1. The second-order valence-electron chi connectivity index (χ2n) is 4.73. The summed E-state index contributed by atoms with van der Waals surface area (Å²) in [6, 6.07) is 10.5. The maximum absolute atomic E-state index is 9.11. The number of benzene rings is 1. The van der Waals surface area contributed by atoms with E-state index in [1.807, 2.05) is 18.2 Å². The van der Waals surface area contributed by atoms with Gasteiger partial charge in [-0.25, -0.2) is 0 Å². The summed E-state index contributed by atoms with van der Waals surface area (Å²) in [6.45, 7) is 4.94. The molecule has 2 atom stereocenters. The zero-order valence-electron chi connectivity index (χ0n) is 10.4. The van der Waals surface area contributed by atoms with Crippen LogP contribution in [0, 0.1) is 0 Å². The number of ether oxygens (including phenoxy) is 1. The highest BCUT2D eigenvalue weighted by atomic mass is 16.5. The van der Waals surface area contributed by atoms with Crippen LogP contribution >= 0.6 is 0 Å². The second-order valence-corrected chi connectivity index (χ2v) is 4.73. The van der Waals surface area contributed by atoms with Crippen molar-refractivity contribution in [1.29, 1.82) is 0 Å². The summed E-state index contributed by atoms with van der Waals surface area (Å²) in [7, 11) is 0. The van der Waals surface area contributed by atoms with E-state index in [0.29, 0.717) is 12.7 Å². The van der Waals surface area contributed by atoms with E-state index >= 15 is 0 Å². The van der Waals surface area contributed by atoms with Crippen molar-refractivity contribution in [3.8, 4) is 0 Å². The Hall–Kier alpha value is -0.900. The standard InChI is InChI=1S/C14H21NO2/c1-12(10-16)15-8-7-14(9-15)17-11-13-5-3-2-4-6-13/h2-6,12,14,16H,7-11H2,1H3. The van der Waals surface area contributed by atoms with Crippen molar-refractivity contribution in [2.24, 2.45) is 0 Å². The van der Waals surface area contributed by atoms with Crippen molar-refractivity contribution < 1.29 is 9.84 Å². The summed E-state index contributed by atoms with van der Waals surface area (Å²) in [6.07, 6.45) is 1.38. The number of likely N-dealkylation sites (tertiary alicyclic amines) is 1. The molecule has 94 valence electrons. The fourth-order valence-electron chi connectivity index (χ4n) is 2.19. The average molecular weight is 235 g/mol. The molecule has 1 saturated heterocycles. The van der Waals surface area contributed by atoms with Crippen LogP contribution in [-0.2, 0) is 11.3 Å². The normalized spacial score (nSPS) is 22.8. The van der Waals surface area contributed by atoms with Crippen molar-refractivity contribution in [3.05, 3.63) is 35.9 Å². The Balaban J connectivity index is 1.75. The van der Waals surface area contributed by atoms with Gasteiger partial charge in [-0.1, -0.05) is 30.3 Å². The van der Waals surface area contributed by atoms with Gasteiger partial charge in [-0.2, -0.15) is 0 Å². The first-order chi connectivity index (χ1) is 8.29. The highest BCUT2D eigenvalue weighted by Crippen LogP contribution is 2.16. The Morgan fingerprint density at radius 3 is 2.88 bits per heavy atom. The molecule has 0 spiro atoms. The fourth-order valence-corrected chi connectivity index (χ4v) is 2.19. The van der Waals surface area contributed by atoms with E-state index in [1.54, 1.807) is 0 Å². The molecule has 0 amide bonds. The number of aliphatic hydroxyl groups is 1. The van der Waals surface area contributed by atoms with Gasteiger partial charge in [0.2, 0.25) is 0 Å². The Bertz CT molecular complexity index is 328. The summed E-state index contributed by atoms with van der Waals surface area (Å²) >= 11 is 0. The molecule has 0 saturated carbocycles. The monoisotopic (exact) mass is 235 g/mol. The molecule has 1 heterocycles. The van der Waals surface area contributed by atoms with Crippen LogP contribution in [0.1, 0.15) is 18.9 Å². The smallest absolute Gasteiger partial charge is 0.0721 e. The minimum atomic E-state index is 0.228. The van der Waals surface area contributed by atoms with Crippen LogP contribution in [0.2, 0.25) is 0 Å². The van der Waals surface area contributed by atoms with Gasteiger partial charge in [0.15, 0.2) is 0 Å². The lowest BCUT2D eigenvalue weighted by atomic mass is 10.2. The van der Waals surface area contributed by atoms with Crippen molar-refractivity contribution in [3.63, 3.8) is 0 Å². The third kappa shape index (κ3) is 3.53. The van der Waals surface area contributed by atoms with Gasteiger partial charge in [-0.3, -0.25) is 4.90 Å². The lowest BCUT2D eigenvalue weighted by molar-refractivity contribution is 0.0407. The maximum Gasteiger partial charge on any atom is 0.0721 e. The van der Waals surface area contributed by atoms with Crippen LogP contribution in [0.25, 0.3) is 0 Å². The van der Waals surface area contributed by atoms with Crippen LogP contribution in [-0.4, -0.2) is 41.8 Å². The van der Waals surface area contributed by atoms with E-state index in [1.165, 1.54) is 5.56 Å². The third-order valence-corrected chi connectivity index (χ3v) is 3.39. The number of rotatable bonds is 5. The number of hydrogen-bond donors (Lipinski definition) is 1. The lowest BCUT2D eigenvalue weighted by Gasteiger charge is -2.22. The summed E-state index contributed by atoms with van der Waals surface area (Å²) in [5.74, 6) is 0. The Morgan fingerprint density at radius 2 is 2.18 bits per heavy atom. The molecule has 0 radical (unpaired) electrons. The maximum atomic E-state index is 9.11. The molecule has 17 heavy (non-hydrogen) atoms. The minimum Gasteiger partial charge on any atom is -0.395 e. The molecule has 0 aromatic heterocycles. The Kier molecular flexibility index (Phi) is 4.54. The van der Waals surface area contributed by atoms with Gasteiger partial charge in [-0.15, -0.1) is 0 Å². The van der Waals surface area contributed by atoms with Gasteiger partial charge in [-0.05, 0) is 18.9 Å². The van der Waals surface area contributed by atoms with Crippen LogP contribution in [0.4, 0.5) is 0 Å². The third-order valence-electron chi connectivity index (χ3n) is 3.39. The summed E-state index contributed by atoms with van der Waals surface area (Å²) in [5.41, 5.74) is 1.22. The van der Waals surface area contributed by atoms with Crippen LogP contribution in [0.15, 0.2) is 30.3 Å². The van der Waals surface area contributed by atoms with E-state index in [0.717, 1.165) is 19.5 Å². The fraction of sp³-hybridized carbons (Fsp3) is 0.571. The van der Waals surface area contributed by atoms with Crippen molar-refractivity contribution >= 4 is 0 Å². The molecule has 1 aromatic carbocycles. The molecular formula is C14H21NO2. The van der Waals surface area contributed by atoms with Gasteiger partial charge < -0.3 is 9.84 Å². The number of aliphatic hydroxyl groups excluding tert-OH is 1. The Labute approximate surface area is 103 Å². The van der Waals surface area contributed by atoms with Gasteiger partial charge in [0.25, 0.3) is 0 Å². The molecule has 0 bridgehead atoms. The van der Waals surface area contributed by atoms with E-state index in [9.17, 15) is 0 Å². The van der Waals surface area contributed by atoms with Crippen LogP contribution in [0.5, 0.6) is 0 Å². The predicted molar refractivity (Wildman–Crippen MR) is 67.8 cm³/mol. The first-order valence-electron chi connectivity index (χ1n) is 6.30. The SMILES string of the molecule is CC(CO)N1CCC(OCc2ccccc2)C1. The first-order valence-corrected chi connectivity index (χ1v) is 6.30. The van der Waals surface area contributed by atoms with Crippen molar-refractivity contribution in [2.75, 3.05) is 19.7 Å². The molecule has 2 rings (SSSR count). The Morgan fingerprint density at radius 1 is 1.41 bits per heavy atom. The van der Waals surface area contributed by atoms with E-state index < -0.39 is 0 Å². The van der Waals surface area contributed by atoms with Gasteiger partial charge in [0, 0.05) is 19.1 Å². The van der Waals surface area contributed by atoms with E-state index in [-0.39, 0.29) is 12.6 Å². The summed E-state index contributed by atoms with van der Waals surface area (Å²) in [4.78, 5) is 2.29.